The molecule has 0 atom stereocenters. The van der Waals surface area contributed by atoms with E-state index < -0.39 is 0 Å². The van der Waals surface area contributed by atoms with Gasteiger partial charge in [-0.1, -0.05) is 25.5 Å². The van der Waals surface area contributed by atoms with Gasteiger partial charge >= 0.3 is 0 Å². The Kier molecular flexibility index (Phi) is 5.26. The van der Waals surface area contributed by atoms with E-state index >= 15 is 0 Å². The van der Waals surface area contributed by atoms with E-state index in [9.17, 15) is 4.79 Å². The van der Waals surface area contributed by atoms with Crippen LogP contribution in [0, 0.1) is 13.8 Å². The minimum atomic E-state index is -0.0904. The number of carbonyl (C=O) groups is 1. The number of benzene rings is 1. The molecule has 0 bridgehead atoms. The molecule has 2 aromatic heterocycles. The molecule has 3 aromatic rings. The summed E-state index contributed by atoms with van der Waals surface area (Å²) in [7, 11) is 1.98. The van der Waals surface area contributed by atoms with E-state index in [0.29, 0.717) is 12.2 Å². The highest BCUT2D eigenvalue weighted by Gasteiger charge is 2.19. The number of rotatable bonds is 6. The van der Waals surface area contributed by atoms with E-state index in [1.807, 2.05) is 49.9 Å². The van der Waals surface area contributed by atoms with E-state index in [2.05, 4.69) is 30.4 Å². The fraction of sp³-hybridized carbons (Fsp3) is 0.333. The second kappa shape index (κ2) is 7.60. The van der Waals surface area contributed by atoms with Crippen LogP contribution < -0.4 is 5.32 Å². The van der Waals surface area contributed by atoms with Crippen molar-refractivity contribution < 1.29 is 4.79 Å². The van der Waals surface area contributed by atoms with Crippen LogP contribution in [0.15, 0.2) is 42.6 Å². The molecule has 0 aliphatic heterocycles. The molecular formula is C21H26N4O. The third-order valence-corrected chi connectivity index (χ3v) is 4.56. The lowest BCUT2D eigenvalue weighted by molar-refractivity contribution is 0.0945. The van der Waals surface area contributed by atoms with Crippen molar-refractivity contribution >= 4 is 5.91 Å². The fourth-order valence-corrected chi connectivity index (χ4v) is 3.00. The molecule has 5 nitrogen and oxygen atoms in total. The van der Waals surface area contributed by atoms with E-state index in [-0.39, 0.29) is 5.91 Å². The van der Waals surface area contributed by atoms with Crippen molar-refractivity contribution in [2.45, 2.75) is 33.6 Å². The van der Waals surface area contributed by atoms with E-state index in [0.717, 1.165) is 41.0 Å². The molecule has 0 unspecified atom stereocenters. The van der Waals surface area contributed by atoms with Crippen molar-refractivity contribution in [3.63, 3.8) is 0 Å². The summed E-state index contributed by atoms with van der Waals surface area (Å²) in [6.07, 6.45) is 3.99. The van der Waals surface area contributed by atoms with E-state index in [1.54, 1.807) is 4.68 Å². The first kappa shape index (κ1) is 18.0. The van der Waals surface area contributed by atoms with Gasteiger partial charge in [-0.15, -0.1) is 0 Å². The maximum absolute atomic E-state index is 12.8. The molecule has 0 radical (unpaired) electrons. The van der Waals surface area contributed by atoms with Gasteiger partial charge in [0.1, 0.15) is 11.4 Å². The van der Waals surface area contributed by atoms with Crippen LogP contribution in [0.1, 0.15) is 41.4 Å². The first-order valence-electron chi connectivity index (χ1n) is 9.09. The van der Waals surface area contributed by atoms with Gasteiger partial charge in [0.15, 0.2) is 0 Å². The van der Waals surface area contributed by atoms with Gasteiger partial charge < -0.3 is 9.88 Å². The summed E-state index contributed by atoms with van der Waals surface area (Å²) < 4.78 is 3.78. The fourth-order valence-electron chi connectivity index (χ4n) is 3.00. The lowest BCUT2D eigenvalue weighted by atomic mass is 10.1. The average molecular weight is 350 g/mol. The maximum Gasteiger partial charge on any atom is 0.270 e. The van der Waals surface area contributed by atoms with Crippen LogP contribution in [0.2, 0.25) is 0 Å². The van der Waals surface area contributed by atoms with Crippen LogP contribution in [0.5, 0.6) is 0 Å². The van der Waals surface area contributed by atoms with Crippen LogP contribution in [0.25, 0.3) is 17.1 Å². The Morgan fingerprint density at radius 3 is 2.69 bits per heavy atom. The largest absolute Gasteiger partial charge is 0.351 e. The van der Waals surface area contributed by atoms with Crippen molar-refractivity contribution in [2.75, 3.05) is 6.54 Å². The zero-order chi connectivity index (χ0) is 18.7. The van der Waals surface area contributed by atoms with Crippen molar-refractivity contribution in [2.24, 2.45) is 7.05 Å². The summed E-state index contributed by atoms with van der Waals surface area (Å²) in [6.45, 7) is 6.87. The predicted octanol–water partition coefficient (Wildman–Crippen LogP) is 4.02. The Bertz CT molecular complexity index is 920. The topological polar surface area (TPSA) is 51.9 Å². The van der Waals surface area contributed by atoms with Crippen molar-refractivity contribution in [3.8, 4) is 17.1 Å². The van der Waals surface area contributed by atoms with Crippen molar-refractivity contribution in [1.29, 1.82) is 0 Å². The summed E-state index contributed by atoms with van der Waals surface area (Å²) in [4.78, 5) is 12.8. The quantitative estimate of drug-likeness (QED) is 0.683. The zero-order valence-corrected chi connectivity index (χ0v) is 15.9. The molecule has 26 heavy (non-hydrogen) atoms. The summed E-state index contributed by atoms with van der Waals surface area (Å²) in [5.41, 5.74) is 5.49. The van der Waals surface area contributed by atoms with Crippen LogP contribution >= 0.6 is 0 Å². The van der Waals surface area contributed by atoms with Crippen LogP contribution in [-0.4, -0.2) is 26.8 Å². The number of unbranched alkanes of at least 4 members (excludes halogenated alkanes) is 1. The number of hydrogen-bond donors (Lipinski definition) is 1. The minimum Gasteiger partial charge on any atom is -0.351 e. The van der Waals surface area contributed by atoms with Gasteiger partial charge in [0.05, 0.1) is 11.4 Å². The summed E-state index contributed by atoms with van der Waals surface area (Å²) in [5.74, 6) is -0.0904. The molecule has 1 amide bonds. The third kappa shape index (κ3) is 3.57. The standard InChI is InChI=1S/C21H26N4O/c1-5-6-11-22-21(26)20-14-17(18-8-7-12-24(18)4)23-25(20)19-13-15(2)9-10-16(19)3/h7-10,12-14H,5-6,11H2,1-4H3,(H,22,26). The zero-order valence-electron chi connectivity index (χ0n) is 15.9. The lowest BCUT2D eigenvalue weighted by Gasteiger charge is -2.11. The first-order chi connectivity index (χ1) is 12.5. The van der Waals surface area contributed by atoms with E-state index in [1.165, 1.54) is 0 Å². The number of carbonyl (C=O) groups excluding carboxylic acids is 1. The van der Waals surface area contributed by atoms with Gasteiger partial charge in [0, 0.05) is 19.8 Å². The molecule has 0 saturated carbocycles. The Morgan fingerprint density at radius 1 is 1.19 bits per heavy atom. The van der Waals surface area contributed by atoms with Gasteiger partial charge in [-0.2, -0.15) is 5.10 Å². The molecule has 0 saturated heterocycles. The molecular weight excluding hydrogens is 324 g/mol. The van der Waals surface area contributed by atoms with Gasteiger partial charge in [-0.3, -0.25) is 4.79 Å². The first-order valence-corrected chi connectivity index (χ1v) is 9.09. The van der Waals surface area contributed by atoms with E-state index in [4.69, 9.17) is 5.10 Å². The normalized spacial score (nSPS) is 10.9. The number of nitrogens with zero attached hydrogens (tertiary/aromatic N) is 3. The summed E-state index contributed by atoms with van der Waals surface area (Å²) in [5, 5.41) is 7.78. The highest BCUT2D eigenvalue weighted by atomic mass is 16.2. The molecule has 0 aliphatic carbocycles. The second-order valence-corrected chi connectivity index (χ2v) is 6.73. The Morgan fingerprint density at radius 2 is 2.00 bits per heavy atom. The minimum absolute atomic E-state index is 0.0904. The molecule has 0 fully saturated rings. The monoisotopic (exact) mass is 350 g/mol. The van der Waals surface area contributed by atoms with Gasteiger partial charge in [0.25, 0.3) is 5.91 Å². The predicted molar refractivity (Wildman–Crippen MR) is 105 cm³/mol. The molecule has 0 aliphatic rings. The van der Waals surface area contributed by atoms with Crippen LogP contribution in [-0.2, 0) is 7.05 Å². The molecule has 2 heterocycles. The highest BCUT2D eigenvalue weighted by molar-refractivity contribution is 5.94. The molecule has 1 aromatic carbocycles. The van der Waals surface area contributed by atoms with Crippen LogP contribution in [0.4, 0.5) is 0 Å². The molecule has 1 N–H and O–H groups in total. The third-order valence-electron chi connectivity index (χ3n) is 4.56. The number of aryl methyl sites for hydroxylation is 3. The van der Waals surface area contributed by atoms with Gasteiger partial charge in [-0.05, 0) is 55.7 Å². The number of aromatic nitrogens is 3. The maximum atomic E-state index is 12.8. The van der Waals surface area contributed by atoms with Crippen molar-refractivity contribution in [1.82, 2.24) is 19.7 Å². The van der Waals surface area contributed by atoms with Gasteiger partial charge in [0.2, 0.25) is 0 Å². The average Bonchev–Trinajstić information content (AvgIpc) is 3.23. The Balaban J connectivity index is 2.08. The molecule has 136 valence electrons. The lowest BCUT2D eigenvalue weighted by Crippen LogP contribution is -2.26. The molecule has 5 heteroatoms. The van der Waals surface area contributed by atoms with Gasteiger partial charge in [-0.25, -0.2) is 4.68 Å². The number of hydrogen-bond acceptors (Lipinski definition) is 2. The second-order valence-electron chi connectivity index (χ2n) is 6.73. The molecule has 0 spiro atoms. The Hall–Kier alpha value is -2.82. The number of amides is 1. The van der Waals surface area contributed by atoms with Crippen LogP contribution in [0.3, 0.4) is 0 Å². The summed E-state index contributed by atoms with van der Waals surface area (Å²) in [6, 6.07) is 12.1. The summed E-state index contributed by atoms with van der Waals surface area (Å²) >= 11 is 0. The highest BCUT2D eigenvalue weighted by Crippen LogP contribution is 2.24. The molecule has 3 rings (SSSR count). The number of nitrogens with one attached hydrogen (secondary N) is 1. The SMILES string of the molecule is CCCCNC(=O)c1cc(-c2cccn2C)nn1-c1cc(C)ccc1C. The Labute approximate surface area is 154 Å². The smallest absolute Gasteiger partial charge is 0.270 e. The van der Waals surface area contributed by atoms with Crippen molar-refractivity contribution in [3.05, 3.63) is 59.4 Å².